The van der Waals surface area contributed by atoms with E-state index in [1.165, 1.54) is 12.1 Å². The van der Waals surface area contributed by atoms with E-state index in [0.29, 0.717) is 5.69 Å². The lowest BCUT2D eigenvalue weighted by Gasteiger charge is -2.19. The van der Waals surface area contributed by atoms with E-state index >= 15 is 0 Å². The number of esters is 1. The van der Waals surface area contributed by atoms with Gasteiger partial charge in [-0.1, -0.05) is 43.7 Å². The van der Waals surface area contributed by atoms with Crippen LogP contribution in [-0.4, -0.2) is 36.5 Å². The summed E-state index contributed by atoms with van der Waals surface area (Å²) in [7, 11) is 0. The molecule has 1 amide bonds. The fourth-order valence-electron chi connectivity index (χ4n) is 3.77. The van der Waals surface area contributed by atoms with Crippen molar-refractivity contribution in [2.24, 2.45) is 0 Å². The van der Waals surface area contributed by atoms with Crippen molar-refractivity contribution in [2.45, 2.75) is 38.6 Å². The van der Waals surface area contributed by atoms with E-state index in [1.807, 2.05) is 42.2 Å². The molecule has 0 spiro atoms. The van der Waals surface area contributed by atoms with Crippen LogP contribution in [0.4, 0.5) is 11.4 Å². The van der Waals surface area contributed by atoms with Crippen LogP contribution in [0, 0.1) is 10.1 Å². The van der Waals surface area contributed by atoms with Gasteiger partial charge in [0.1, 0.15) is 5.69 Å². The van der Waals surface area contributed by atoms with Gasteiger partial charge in [-0.05, 0) is 37.0 Å². The largest absolute Gasteiger partial charge is 0.452 e. The van der Waals surface area contributed by atoms with Crippen LogP contribution in [0.25, 0.3) is 0 Å². The molecule has 3 rings (SSSR count). The average molecular weight is 425 g/mol. The highest BCUT2D eigenvalue weighted by molar-refractivity contribution is 5.93. The normalized spacial score (nSPS) is 14.2. The number of rotatable bonds is 9. The monoisotopic (exact) mass is 425 g/mol. The predicted octanol–water partition coefficient (Wildman–Crippen LogP) is 4.01. The van der Waals surface area contributed by atoms with Gasteiger partial charge in [0.2, 0.25) is 0 Å². The molecule has 1 saturated heterocycles. The molecule has 1 aliphatic heterocycles. The summed E-state index contributed by atoms with van der Waals surface area (Å²) in [6.45, 7) is 3.09. The summed E-state index contributed by atoms with van der Waals surface area (Å²) in [4.78, 5) is 37.7. The quantitative estimate of drug-likeness (QED) is 0.370. The second kappa shape index (κ2) is 10.6. The van der Waals surface area contributed by atoms with Crippen LogP contribution in [0.2, 0.25) is 0 Å². The molecule has 0 saturated carbocycles. The van der Waals surface area contributed by atoms with Gasteiger partial charge in [0.05, 0.1) is 16.5 Å². The van der Waals surface area contributed by atoms with Crippen LogP contribution in [0.5, 0.6) is 0 Å². The predicted molar refractivity (Wildman–Crippen MR) is 117 cm³/mol. The van der Waals surface area contributed by atoms with Gasteiger partial charge in [-0.3, -0.25) is 14.9 Å². The van der Waals surface area contributed by atoms with Crippen LogP contribution in [-0.2, 0) is 9.53 Å². The molecule has 0 unspecified atom stereocenters. The number of ether oxygens (including phenoxy) is 1. The van der Waals surface area contributed by atoms with Gasteiger partial charge in [-0.25, -0.2) is 4.79 Å². The molecule has 0 bridgehead atoms. The van der Waals surface area contributed by atoms with Crippen LogP contribution in [0.1, 0.15) is 54.6 Å². The van der Waals surface area contributed by atoms with E-state index in [-0.39, 0.29) is 17.3 Å². The molecule has 1 heterocycles. The van der Waals surface area contributed by atoms with E-state index < -0.39 is 23.4 Å². The second-order valence-corrected chi connectivity index (χ2v) is 7.55. The van der Waals surface area contributed by atoms with Gasteiger partial charge in [0.25, 0.3) is 11.6 Å². The molecular weight excluding hydrogens is 398 g/mol. The molecule has 0 aromatic heterocycles. The average Bonchev–Trinajstić information content (AvgIpc) is 3.32. The van der Waals surface area contributed by atoms with E-state index in [0.717, 1.165) is 44.3 Å². The van der Waals surface area contributed by atoms with Crippen LogP contribution in [0.3, 0.4) is 0 Å². The summed E-state index contributed by atoms with van der Waals surface area (Å²) >= 11 is 0. The summed E-state index contributed by atoms with van der Waals surface area (Å²) in [6.07, 6.45) is 3.61. The van der Waals surface area contributed by atoms with Crippen molar-refractivity contribution in [3.05, 3.63) is 69.8 Å². The molecule has 0 radical (unpaired) electrons. The standard InChI is InChI=1S/C23H27N3O5/c1-2-8-19(17-9-4-3-5-10-17)24-22(27)16-31-23(28)18-11-12-20(21(15-18)26(29)30)25-13-6-7-14-25/h3-5,9-12,15,19H,2,6-8,13-14,16H2,1H3,(H,24,27)/t19-/m0/s1. The maximum Gasteiger partial charge on any atom is 0.338 e. The number of carbonyl (C=O) groups excluding carboxylic acids is 2. The van der Waals surface area contributed by atoms with Gasteiger partial charge in [0, 0.05) is 19.2 Å². The Morgan fingerprint density at radius 3 is 2.52 bits per heavy atom. The number of nitro groups is 1. The Morgan fingerprint density at radius 2 is 1.87 bits per heavy atom. The molecule has 31 heavy (non-hydrogen) atoms. The first-order chi connectivity index (χ1) is 15.0. The molecule has 1 fully saturated rings. The van der Waals surface area contributed by atoms with Crippen molar-refractivity contribution in [3.8, 4) is 0 Å². The first-order valence-electron chi connectivity index (χ1n) is 10.5. The summed E-state index contributed by atoms with van der Waals surface area (Å²) in [5.41, 5.74) is 1.41. The maximum absolute atomic E-state index is 12.4. The molecule has 1 atom stereocenters. The zero-order valence-corrected chi connectivity index (χ0v) is 17.6. The van der Waals surface area contributed by atoms with E-state index in [9.17, 15) is 19.7 Å². The number of amides is 1. The molecule has 2 aromatic carbocycles. The third kappa shape index (κ3) is 5.81. The summed E-state index contributed by atoms with van der Waals surface area (Å²) in [6, 6.07) is 13.7. The number of nitrogens with one attached hydrogen (secondary N) is 1. The first kappa shape index (κ1) is 22.3. The molecular formula is C23H27N3O5. The number of anilines is 1. The lowest BCUT2D eigenvalue weighted by atomic mass is 10.0. The van der Waals surface area contributed by atoms with Crippen LogP contribution in [0.15, 0.2) is 48.5 Å². The van der Waals surface area contributed by atoms with E-state index in [1.54, 1.807) is 6.07 Å². The Balaban J connectivity index is 1.62. The fourth-order valence-corrected chi connectivity index (χ4v) is 3.77. The van der Waals surface area contributed by atoms with Crippen molar-refractivity contribution >= 4 is 23.3 Å². The van der Waals surface area contributed by atoms with Gasteiger partial charge < -0.3 is 15.0 Å². The number of nitro benzene ring substituents is 1. The number of hydrogen-bond acceptors (Lipinski definition) is 6. The number of nitrogens with zero attached hydrogens (tertiary/aromatic N) is 2. The molecule has 8 heteroatoms. The number of carbonyl (C=O) groups is 2. The van der Waals surface area contributed by atoms with Crippen molar-refractivity contribution < 1.29 is 19.2 Å². The molecule has 1 aliphatic rings. The van der Waals surface area contributed by atoms with Gasteiger partial charge >= 0.3 is 5.97 Å². The Labute approximate surface area is 181 Å². The highest BCUT2D eigenvalue weighted by atomic mass is 16.6. The Bertz CT molecular complexity index is 926. The second-order valence-electron chi connectivity index (χ2n) is 7.55. The number of hydrogen-bond donors (Lipinski definition) is 1. The first-order valence-corrected chi connectivity index (χ1v) is 10.5. The van der Waals surface area contributed by atoms with Crippen LogP contribution < -0.4 is 10.2 Å². The highest BCUT2D eigenvalue weighted by Crippen LogP contribution is 2.31. The zero-order valence-electron chi connectivity index (χ0n) is 17.6. The van der Waals surface area contributed by atoms with Gasteiger partial charge in [-0.15, -0.1) is 0 Å². The minimum absolute atomic E-state index is 0.0515. The zero-order chi connectivity index (χ0) is 22.2. The topological polar surface area (TPSA) is 102 Å². The molecule has 164 valence electrons. The summed E-state index contributed by atoms with van der Waals surface area (Å²) < 4.78 is 5.12. The number of benzene rings is 2. The SMILES string of the molecule is CCC[C@H](NC(=O)COC(=O)c1ccc(N2CCCC2)c([N+](=O)[O-])c1)c1ccccc1. The fraction of sp³-hybridized carbons (Fsp3) is 0.391. The molecule has 1 N–H and O–H groups in total. The smallest absolute Gasteiger partial charge is 0.338 e. The van der Waals surface area contributed by atoms with E-state index in [2.05, 4.69) is 5.32 Å². The van der Waals surface area contributed by atoms with E-state index in [4.69, 9.17) is 4.74 Å². The minimum Gasteiger partial charge on any atom is -0.452 e. The molecule has 8 nitrogen and oxygen atoms in total. The highest BCUT2D eigenvalue weighted by Gasteiger charge is 2.24. The summed E-state index contributed by atoms with van der Waals surface area (Å²) in [5.74, 6) is -1.18. The van der Waals surface area contributed by atoms with Crippen molar-refractivity contribution in [2.75, 3.05) is 24.6 Å². The minimum atomic E-state index is -0.766. The Morgan fingerprint density at radius 1 is 1.16 bits per heavy atom. The third-order valence-electron chi connectivity index (χ3n) is 5.30. The van der Waals surface area contributed by atoms with Gasteiger partial charge in [0.15, 0.2) is 6.61 Å². The lowest BCUT2D eigenvalue weighted by molar-refractivity contribution is -0.384. The van der Waals surface area contributed by atoms with Crippen molar-refractivity contribution in [1.82, 2.24) is 5.32 Å². The van der Waals surface area contributed by atoms with Crippen LogP contribution >= 0.6 is 0 Å². The maximum atomic E-state index is 12.4. The lowest BCUT2D eigenvalue weighted by Crippen LogP contribution is -2.32. The Kier molecular flexibility index (Phi) is 7.59. The molecule has 2 aromatic rings. The summed E-state index contributed by atoms with van der Waals surface area (Å²) in [5, 5.41) is 14.4. The molecule has 0 aliphatic carbocycles. The Hall–Kier alpha value is -3.42. The third-order valence-corrected chi connectivity index (χ3v) is 5.30. The van der Waals surface area contributed by atoms with Crippen molar-refractivity contribution in [1.29, 1.82) is 0 Å². The van der Waals surface area contributed by atoms with Gasteiger partial charge in [-0.2, -0.15) is 0 Å². The van der Waals surface area contributed by atoms with Crippen molar-refractivity contribution in [3.63, 3.8) is 0 Å².